The van der Waals surface area contributed by atoms with Gasteiger partial charge in [0.15, 0.2) is 6.61 Å². The zero-order chi connectivity index (χ0) is 22.7. The van der Waals surface area contributed by atoms with Gasteiger partial charge in [0.05, 0.1) is 16.3 Å². The normalized spacial score (nSPS) is 18.2. The number of nitrogens with one attached hydrogen (secondary N) is 1. The van der Waals surface area contributed by atoms with Gasteiger partial charge in [-0.2, -0.15) is 0 Å². The maximum atomic E-state index is 12.8. The summed E-state index contributed by atoms with van der Waals surface area (Å²) in [6.07, 6.45) is 7.85. The first-order valence-electron chi connectivity index (χ1n) is 11.3. The van der Waals surface area contributed by atoms with Gasteiger partial charge in [0, 0.05) is 18.7 Å². The van der Waals surface area contributed by atoms with Gasteiger partial charge in [-0.15, -0.1) is 0 Å². The molecule has 0 radical (unpaired) electrons. The number of para-hydroxylation sites is 1. The summed E-state index contributed by atoms with van der Waals surface area (Å²) >= 11 is 0. The third-order valence-electron chi connectivity index (χ3n) is 6.39. The van der Waals surface area contributed by atoms with Gasteiger partial charge in [-0.25, -0.2) is 13.6 Å². The number of carbonyl (C=O) groups is 1. The van der Waals surface area contributed by atoms with E-state index in [0.717, 1.165) is 23.6 Å². The number of ether oxygens (including phenoxy) is 1. The van der Waals surface area contributed by atoms with Gasteiger partial charge in [0.2, 0.25) is 10.0 Å². The van der Waals surface area contributed by atoms with Crippen molar-refractivity contribution < 1.29 is 17.9 Å². The number of primary sulfonamides is 1. The van der Waals surface area contributed by atoms with Crippen LogP contribution in [0, 0.1) is 5.92 Å². The van der Waals surface area contributed by atoms with E-state index < -0.39 is 10.0 Å². The lowest BCUT2D eigenvalue weighted by Gasteiger charge is -2.31. The number of hydrogen-bond donors (Lipinski definition) is 2. The number of nitrogens with two attached hydrogens (primary N) is 1. The molecule has 3 N–H and O–H groups in total. The molecule has 8 heteroatoms. The van der Waals surface area contributed by atoms with Crippen molar-refractivity contribution in [2.24, 2.45) is 11.1 Å². The van der Waals surface area contributed by atoms with Crippen LogP contribution < -0.4 is 20.1 Å². The molecule has 2 aromatic carbocycles. The number of rotatable bonds is 7. The Hall–Kier alpha value is -2.42. The maximum Gasteiger partial charge on any atom is 0.269 e. The van der Waals surface area contributed by atoms with E-state index in [1.165, 1.54) is 44.2 Å². The lowest BCUT2D eigenvalue weighted by molar-refractivity contribution is -0.120. The summed E-state index contributed by atoms with van der Waals surface area (Å²) in [6, 6.07) is 12.5. The van der Waals surface area contributed by atoms with Crippen LogP contribution in [0.1, 0.15) is 51.0 Å². The summed E-state index contributed by atoms with van der Waals surface area (Å²) < 4.78 is 28.9. The Kier molecular flexibility index (Phi) is 6.83. The minimum atomic E-state index is -3.86. The number of fused-ring (bicyclic) bond motifs is 1. The summed E-state index contributed by atoms with van der Waals surface area (Å²) in [7, 11) is -3.86. The molecule has 4 rings (SSSR count). The Labute approximate surface area is 190 Å². The second-order valence-corrected chi connectivity index (χ2v) is 10.4. The smallest absolute Gasteiger partial charge is 0.269 e. The van der Waals surface area contributed by atoms with Gasteiger partial charge < -0.3 is 10.1 Å². The Balaban J connectivity index is 1.55. The van der Waals surface area contributed by atoms with Crippen LogP contribution in [0.15, 0.2) is 47.4 Å². The van der Waals surface area contributed by atoms with Crippen molar-refractivity contribution in [2.75, 3.05) is 11.5 Å². The number of carbonyl (C=O) groups excluding carboxylic acids is 1. The number of sulfonamides is 1. The average molecular weight is 458 g/mol. The maximum absolute atomic E-state index is 12.8. The molecule has 1 saturated carbocycles. The van der Waals surface area contributed by atoms with Gasteiger partial charge in [-0.05, 0) is 43.0 Å². The van der Waals surface area contributed by atoms with E-state index in [2.05, 4.69) is 12.2 Å². The second-order valence-electron chi connectivity index (χ2n) is 8.84. The first-order chi connectivity index (χ1) is 15.3. The van der Waals surface area contributed by atoms with Gasteiger partial charge in [-0.3, -0.25) is 9.69 Å². The van der Waals surface area contributed by atoms with Crippen LogP contribution >= 0.6 is 0 Å². The van der Waals surface area contributed by atoms with Crippen molar-refractivity contribution in [2.45, 2.75) is 62.9 Å². The molecule has 1 unspecified atom stereocenters. The van der Waals surface area contributed by atoms with Crippen LogP contribution in [-0.2, 0) is 21.4 Å². The van der Waals surface area contributed by atoms with E-state index in [1.54, 1.807) is 11.0 Å². The van der Waals surface area contributed by atoms with E-state index in [9.17, 15) is 13.2 Å². The number of amides is 1. The van der Waals surface area contributed by atoms with E-state index in [1.807, 2.05) is 24.3 Å². The molecule has 2 aliphatic rings. The van der Waals surface area contributed by atoms with Crippen LogP contribution in [0.4, 0.5) is 11.4 Å². The van der Waals surface area contributed by atoms with Crippen LogP contribution in [0.25, 0.3) is 0 Å². The van der Waals surface area contributed by atoms with Crippen molar-refractivity contribution in [3.63, 3.8) is 0 Å². The van der Waals surface area contributed by atoms with Crippen LogP contribution in [-0.4, -0.2) is 27.0 Å². The topological polar surface area (TPSA) is 102 Å². The van der Waals surface area contributed by atoms with Crippen LogP contribution in [0.2, 0.25) is 0 Å². The summed E-state index contributed by atoms with van der Waals surface area (Å²) in [4.78, 5) is 14.4. The molecule has 0 spiro atoms. The fourth-order valence-corrected chi connectivity index (χ4v) is 5.27. The molecule has 0 aromatic heterocycles. The number of hydrogen-bond acceptors (Lipinski definition) is 5. The molecule has 1 aliphatic carbocycles. The largest absolute Gasteiger partial charge is 0.481 e. The number of nitrogens with zero attached hydrogens (tertiary/aromatic N) is 1. The van der Waals surface area contributed by atoms with E-state index in [-0.39, 0.29) is 17.4 Å². The van der Waals surface area contributed by atoms with Gasteiger partial charge in [0.1, 0.15) is 5.75 Å². The highest BCUT2D eigenvalue weighted by atomic mass is 32.2. The molecule has 1 atom stereocenters. The van der Waals surface area contributed by atoms with Crippen molar-refractivity contribution >= 4 is 27.3 Å². The third kappa shape index (κ3) is 5.14. The minimum Gasteiger partial charge on any atom is -0.481 e. The fourth-order valence-electron chi connectivity index (χ4n) is 4.74. The average Bonchev–Trinajstić information content (AvgIpc) is 2.78. The molecule has 0 saturated heterocycles. The molecular formula is C24H31N3O4S. The molecule has 1 fully saturated rings. The Morgan fingerprint density at radius 3 is 2.62 bits per heavy atom. The molecule has 1 amide bonds. The molecule has 172 valence electrons. The summed E-state index contributed by atoms with van der Waals surface area (Å²) in [5.74, 6) is 0.912. The predicted octanol–water partition coefficient (Wildman–Crippen LogP) is 3.84. The fraction of sp³-hybridized carbons (Fsp3) is 0.458. The number of benzene rings is 2. The lowest BCUT2D eigenvalue weighted by Crippen LogP contribution is -2.36. The SMILES string of the molecule is CC(CC1CCCCC1)NCc1ccccc1N1C(=O)COc2cc(S(N)(=O)=O)ccc21. The zero-order valence-corrected chi connectivity index (χ0v) is 19.2. The van der Waals surface area contributed by atoms with E-state index in [0.29, 0.717) is 24.0 Å². The van der Waals surface area contributed by atoms with E-state index in [4.69, 9.17) is 9.88 Å². The second kappa shape index (κ2) is 9.60. The summed E-state index contributed by atoms with van der Waals surface area (Å²) in [5.41, 5.74) is 2.28. The molecular weight excluding hydrogens is 426 g/mol. The molecule has 7 nitrogen and oxygen atoms in total. The van der Waals surface area contributed by atoms with Crippen molar-refractivity contribution in [1.29, 1.82) is 0 Å². The summed E-state index contributed by atoms with van der Waals surface area (Å²) in [5, 5.41) is 8.88. The van der Waals surface area contributed by atoms with Gasteiger partial charge in [-0.1, -0.05) is 50.3 Å². The van der Waals surface area contributed by atoms with Crippen molar-refractivity contribution in [1.82, 2.24) is 5.32 Å². The Bertz CT molecular complexity index is 1080. The van der Waals surface area contributed by atoms with Crippen LogP contribution in [0.3, 0.4) is 0 Å². The highest BCUT2D eigenvalue weighted by Crippen LogP contribution is 2.39. The molecule has 2 aromatic rings. The highest BCUT2D eigenvalue weighted by Gasteiger charge is 2.29. The Morgan fingerprint density at radius 1 is 1.12 bits per heavy atom. The summed E-state index contributed by atoms with van der Waals surface area (Å²) in [6.45, 7) is 2.70. The predicted molar refractivity (Wildman–Crippen MR) is 124 cm³/mol. The molecule has 1 heterocycles. The quantitative estimate of drug-likeness (QED) is 0.658. The zero-order valence-electron chi connectivity index (χ0n) is 18.4. The standard InChI is InChI=1S/C24H31N3O4S/c1-17(13-18-7-3-2-4-8-18)26-15-19-9-5-6-10-21(19)27-22-12-11-20(32(25,29)30)14-23(22)31-16-24(27)28/h5-6,9-12,14,17-18,26H,2-4,7-8,13,15-16H2,1H3,(H2,25,29,30). The molecule has 0 bridgehead atoms. The first kappa shape index (κ1) is 22.8. The van der Waals surface area contributed by atoms with Crippen molar-refractivity contribution in [3.05, 3.63) is 48.0 Å². The van der Waals surface area contributed by atoms with Crippen LogP contribution in [0.5, 0.6) is 5.75 Å². The monoisotopic (exact) mass is 457 g/mol. The third-order valence-corrected chi connectivity index (χ3v) is 7.30. The molecule has 1 aliphatic heterocycles. The first-order valence-corrected chi connectivity index (χ1v) is 12.8. The van der Waals surface area contributed by atoms with E-state index >= 15 is 0 Å². The minimum absolute atomic E-state index is 0.0444. The van der Waals surface area contributed by atoms with Crippen molar-refractivity contribution in [3.8, 4) is 5.75 Å². The molecule has 32 heavy (non-hydrogen) atoms. The number of anilines is 2. The highest BCUT2D eigenvalue weighted by molar-refractivity contribution is 7.89. The van der Waals surface area contributed by atoms with Gasteiger partial charge >= 0.3 is 0 Å². The lowest BCUT2D eigenvalue weighted by atomic mass is 9.85. The Morgan fingerprint density at radius 2 is 1.88 bits per heavy atom. The van der Waals surface area contributed by atoms with Gasteiger partial charge in [0.25, 0.3) is 5.91 Å².